The molecule has 2 aromatic carbocycles. The fourth-order valence-electron chi connectivity index (χ4n) is 3.21. The summed E-state index contributed by atoms with van der Waals surface area (Å²) in [4.78, 5) is 42.5. The van der Waals surface area contributed by atoms with Crippen LogP contribution in [0.15, 0.2) is 82.5 Å². The first kappa shape index (κ1) is 20.6. The van der Waals surface area contributed by atoms with Crippen molar-refractivity contribution in [3.63, 3.8) is 0 Å². The number of aromatic nitrogens is 2. The van der Waals surface area contributed by atoms with Gasteiger partial charge in [0.25, 0.3) is 0 Å². The molecule has 4 rings (SSSR count). The van der Waals surface area contributed by atoms with E-state index in [0.717, 1.165) is 0 Å². The average molecular weight is 480 g/mol. The molecule has 0 spiro atoms. The van der Waals surface area contributed by atoms with Gasteiger partial charge in [0, 0.05) is 39.7 Å². The van der Waals surface area contributed by atoms with Gasteiger partial charge in [0.2, 0.25) is 11.3 Å². The van der Waals surface area contributed by atoms with Crippen LogP contribution >= 0.6 is 15.9 Å². The van der Waals surface area contributed by atoms with Crippen LogP contribution in [0.4, 0.5) is 10.1 Å². The predicted octanol–water partition coefficient (Wildman–Crippen LogP) is 4.17. The first-order valence-electron chi connectivity index (χ1n) is 9.25. The molecule has 0 aliphatic heterocycles. The van der Waals surface area contributed by atoms with E-state index in [1.165, 1.54) is 55.0 Å². The lowest BCUT2D eigenvalue weighted by atomic mass is 10.0. The summed E-state index contributed by atoms with van der Waals surface area (Å²) in [6, 6.07) is 13.5. The lowest BCUT2D eigenvalue weighted by Crippen LogP contribution is -2.24. The Kier molecular flexibility index (Phi) is 5.73. The van der Waals surface area contributed by atoms with E-state index in [1.807, 2.05) is 0 Å². The van der Waals surface area contributed by atoms with Crippen LogP contribution in [0, 0.1) is 5.82 Å². The first-order valence-corrected chi connectivity index (χ1v) is 10.0. The highest BCUT2D eigenvalue weighted by atomic mass is 79.9. The Hall–Kier alpha value is -3.65. The molecule has 0 saturated carbocycles. The van der Waals surface area contributed by atoms with Crippen LogP contribution < -0.4 is 10.7 Å². The zero-order valence-corrected chi connectivity index (χ0v) is 17.6. The number of nitrogens with one attached hydrogen (secondary N) is 1. The molecular formula is C23H15BrFN3O3. The fourth-order valence-corrected chi connectivity index (χ4v) is 3.57. The van der Waals surface area contributed by atoms with E-state index in [1.54, 1.807) is 22.8 Å². The smallest absolute Gasteiger partial charge is 0.244 e. The molecule has 0 atom stereocenters. The SMILES string of the molecule is O=C(Cn1cc(C(=O)c2ccncc2)c(=O)c2cc(Br)ccc21)Nc1ccc(F)cc1. The molecule has 0 aliphatic carbocycles. The molecule has 0 saturated heterocycles. The third kappa shape index (κ3) is 4.44. The van der Waals surface area contributed by atoms with Crippen LogP contribution in [0.25, 0.3) is 10.9 Å². The number of benzene rings is 2. The third-order valence-electron chi connectivity index (χ3n) is 4.67. The molecule has 2 heterocycles. The van der Waals surface area contributed by atoms with E-state index in [4.69, 9.17) is 0 Å². The van der Waals surface area contributed by atoms with Crippen molar-refractivity contribution in [1.82, 2.24) is 9.55 Å². The van der Waals surface area contributed by atoms with Gasteiger partial charge in [-0.25, -0.2) is 4.39 Å². The summed E-state index contributed by atoms with van der Waals surface area (Å²) < 4.78 is 15.3. The van der Waals surface area contributed by atoms with Gasteiger partial charge in [-0.15, -0.1) is 0 Å². The van der Waals surface area contributed by atoms with Crippen LogP contribution in [-0.2, 0) is 11.3 Å². The Bertz CT molecular complexity index is 1350. The number of pyridine rings is 2. The molecule has 8 heteroatoms. The molecule has 31 heavy (non-hydrogen) atoms. The molecule has 1 amide bonds. The zero-order valence-electron chi connectivity index (χ0n) is 16.0. The van der Waals surface area contributed by atoms with Crippen molar-refractivity contribution in [3.8, 4) is 0 Å². The molecule has 0 fully saturated rings. The number of hydrogen-bond donors (Lipinski definition) is 1. The maximum Gasteiger partial charge on any atom is 0.244 e. The number of nitrogens with zero attached hydrogens (tertiary/aromatic N) is 2. The number of carbonyl (C=O) groups is 2. The van der Waals surface area contributed by atoms with E-state index in [9.17, 15) is 18.8 Å². The van der Waals surface area contributed by atoms with Crippen LogP contribution in [0.2, 0.25) is 0 Å². The van der Waals surface area contributed by atoms with Crippen LogP contribution in [0.3, 0.4) is 0 Å². The summed E-state index contributed by atoms with van der Waals surface area (Å²) in [5.41, 5.74) is 0.796. The number of rotatable bonds is 5. The van der Waals surface area contributed by atoms with Gasteiger partial charge >= 0.3 is 0 Å². The Morgan fingerprint density at radius 1 is 1.03 bits per heavy atom. The molecule has 6 nitrogen and oxygen atoms in total. The summed E-state index contributed by atoms with van der Waals surface area (Å²) in [7, 11) is 0. The Labute approximate surface area is 184 Å². The second-order valence-electron chi connectivity index (χ2n) is 6.78. The second-order valence-corrected chi connectivity index (χ2v) is 7.70. The normalized spacial score (nSPS) is 10.8. The largest absolute Gasteiger partial charge is 0.337 e. The minimum atomic E-state index is -0.457. The quantitative estimate of drug-likeness (QED) is 0.435. The number of hydrogen-bond acceptors (Lipinski definition) is 4. The molecular weight excluding hydrogens is 465 g/mol. The lowest BCUT2D eigenvalue weighted by molar-refractivity contribution is -0.116. The molecule has 2 aromatic heterocycles. The number of fused-ring (bicyclic) bond motifs is 1. The van der Waals surface area contributed by atoms with Gasteiger partial charge < -0.3 is 9.88 Å². The number of anilines is 1. The lowest BCUT2D eigenvalue weighted by Gasteiger charge is -2.14. The van der Waals surface area contributed by atoms with Gasteiger partial charge in [0.15, 0.2) is 5.78 Å². The number of amides is 1. The van der Waals surface area contributed by atoms with Crippen LogP contribution in [0.5, 0.6) is 0 Å². The molecule has 0 bridgehead atoms. The standard InChI is InChI=1S/C23H15BrFN3O3/c24-15-1-6-20-18(11-15)23(31)19(22(30)14-7-9-26-10-8-14)12-28(20)13-21(29)27-17-4-2-16(25)3-5-17/h1-12H,13H2,(H,27,29). The number of halogens is 2. The summed E-state index contributed by atoms with van der Waals surface area (Å²) in [6.07, 6.45) is 4.34. The van der Waals surface area contributed by atoms with E-state index in [-0.39, 0.29) is 18.0 Å². The van der Waals surface area contributed by atoms with Gasteiger partial charge in [-0.2, -0.15) is 0 Å². The fraction of sp³-hybridized carbons (Fsp3) is 0.0435. The van der Waals surface area contributed by atoms with Gasteiger partial charge in [-0.3, -0.25) is 19.4 Å². The van der Waals surface area contributed by atoms with Gasteiger partial charge in [-0.1, -0.05) is 15.9 Å². The highest BCUT2D eigenvalue weighted by Gasteiger charge is 2.18. The van der Waals surface area contributed by atoms with Crippen molar-refractivity contribution in [2.45, 2.75) is 6.54 Å². The molecule has 4 aromatic rings. The van der Waals surface area contributed by atoms with Gasteiger partial charge in [0.1, 0.15) is 12.4 Å². The number of carbonyl (C=O) groups excluding carboxylic acids is 2. The molecule has 154 valence electrons. The molecule has 0 unspecified atom stereocenters. The van der Waals surface area contributed by atoms with E-state index in [0.29, 0.717) is 26.6 Å². The summed E-state index contributed by atoms with van der Waals surface area (Å²) >= 11 is 3.35. The van der Waals surface area contributed by atoms with Gasteiger partial charge in [-0.05, 0) is 54.6 Å². The van der Waals surface area contributed by atoms with Crippen molar-refractivity contribution in [1.29, 1.82) is 0 Å². The zero-order chi connectivity index (χ0) is 22.0. The minimum Gasteiger partial charge on any atom is -0.337 e. The van der Waals surface area contributed by atoms with Gasteiger partial charge in [0.05, 0.1) is 11.1 Å². The minimum absolute atomic E-state index is 0.0496. The maximum absolute atomic E-state index is 13.1. The second kappa shape index (κ2) is 8.61. The Morgan fingerprint density at radius 2 is 1.74 bits per heavy atom. The monoisotopic (exact) mass is 479 g/mol. The Morgan fingerprint density at radius 3 is 2.45 bits per heavy atom. The van der Waals surface area contributed by atoms with Crippen LogP contribution in [-0.4, -0.2) is 21.2 Å². The van der Waals surface area contributed by atoms with E-state index >= 15 is 0 Å². The summed E-state index contributed by atoms with van der Waals surface area (Å²) in [5.74, 6) is -1.25. The highest BCUT2D eigenvalue weighted by molar-refractivity contribution is 9.10. The van der Waals surface area contributed by atoms with Crippen LogP contribution in [0.1, 0.15) is 15.9 Å². The van der Waals surface area contributed by atoms with Crippen molar-refractivity contribution < 1.29 is 14.0 Å². The topological polar surface area (TPSA) is 81.1 Å². The highest BCUT2D eigenvalue weighted by Crippen LogP contribution is 2.20. The average Bonchev–Trinajstić information content (AvgIpc) is 2.77. The van der Waals surface area contributed by atoms with Crippen molar-refractivity contribution in [2.75, 3.05) is 5.32 Å². The molecule has 0 aliphatic rings. The van der Waals surface area contributed by atoms with Crippen molar-refractivity contribution in [3.05, 3.63) is 105 Å². The number of ketones is 1. The summed E-state index contributed by atoms with van der Waals surface area (Å²) in [6.45, 7) is -0.146. The first-order chi connectivity index (χ1) is 14.9. The Balaban J connectivity index is 1.76. The third-order valence-corrected chi connectivity index (χ3v) is 5.16. The molecule has 0 radical (unpaired) electrons. The maximum atomic E-state index is 13.1. The van der Waals surface area contributed by atoms with Crippen molar-refractivity contribution in [2.24, 2.45) is 0 Å². The van der Waals surface area contributed by atoms with E-state index < -0.39 is 17.0 Å². The summed E-state index contributed by atoms with van der Waals surface area (Å²) in [5, 5.41) is 2.99. The predicted molar refractivity (Wildman–Crippen MR) is 119 cm³/mol. The van der Waals surface area contributed by atoms with Crippen molar-refractivity contribution >= 4 is 44.2 Å². The molecule has 1 N–H and O–H groups in total. The van der Waals surface area contributed by atoms with E-state index in [2.05, 4.69) is 26.2 Å².